The molecule has 0 aromatic heterocycles. The number of carbonyl (C=O) groups is 2. The van der Waals surface area contributed by atoms with Crippen molar-refractivity contribution in [2.45, 2.75) is 31.2 Å². The van der Waals surface area contributed by atoms with Gasteiger partial charge in [-0.3, -0.25) is 9.59 Å². The third-order valence-electron chi connectivity index (χ3n) is 2.32. The number of ketones is 1. The lowest BCUT2D eigenvalue weighted by Crippen LogP contribution is -2.39. The second kappa shape index (κ2) is 7.12. The molecule has 1 aromatic carbocycles. The molecule has 0 radical (unpaired) electrons. The summed E-state index contributed by atoms with van der Waals surface area (Å²) in [6.07, 6.45) is 0.452. The Balaban J connectivity index is 2.33. The fourth-order valence-electron chi connectivity index (χ4n) is 1.34. The number of benzene rings is 1. The van der Waals surface area contributed by atoms with Crippen molar-refractivity contribution in [3.63, 3.8) is 0 Å². The van der Waals surface area contributed by atoms with Gasteiger partial charge in [0.1, 0.15) is 0 Å². The van der Waals surface area contributed by atoms with Crippen LogP contribution in [-0.4, -0.2) is 23.5 Å². The summed E-state index contributed by atoms with van der Waals surface area (Å²) in [6, 6.07) is 9.33. The minimum Gasteiger partial charge on any atom is -0.346 e. The van der Waals surface area contributed by atoms with Gasteiger partial charge in [-0.1, -0.05) is 25.1 Å². The van der Waals surface area contributed by atoms with Crippen molar-refractivity contribution in [3.05, 3.63) is 30.3 Å². The van der Waals surface area contributed by atoms with Crippen molar-refractivity contribution in [1.29, 1.82) is 0 Å². The van der Waals surface area contributed by atoms with Crippen LogP contribution in [0.25, 0.3) is 0 Å². The van der Waals surface area contributed by atoms with Gasteiger partial charge in [0.05, 0.1) is 11.8 Å². The summed E-state index contributed by atoms with van der Waals surface area (Å²) in [5.74, 6) is 0.293. The van der Waals surface area contributed by atoms with Crippen LogP contribution in [0.1, 0.15) is 20.3 Å². The lowest BCUT2D eigenvalue weighted by Gasteiger charge is -2.11. The zero-order chi connectivity index (χ0) is 12.7. The maximum atomic E-state index is 11.6. The van der Waals surface area contributed by atoms with Crippen LogP contribution in [0.4, 0.5) is 0 Å². The molecule has 0 aliphatic carbocycles. The average molecular weight is 251 g/mol. The number of Topliss-reactive ketones (excluding diaryl/α,β-unsaturated/α-hetero) is 1. The van der Waals surface area contributed by atoms with Crippen molar-refractivity contribution in [2.75, 3.05) is 5.75 Å². The molecular weight excluding hydrogens is 234 g/mol. The minimum absolute atomic E-state index is 0.0584. The Morgan fingerprint density at radius 2 is 1.94 bits per heavy atom. The fraction of sp³-hybridized carbons (Fsp3) is 0.385. The Hall–Kier alpha value is -1.29. The van der Waals surface area contributed by atoms with Crippen LogP contribution in [0.3, 0.4) is 0 Å². The topological polar surface area (TPSA) is 46.2 Å². The minimum atomic E-state index is -0.385. The van der Waals surface area contributed by atoms with Gasteiger partial charge in [0, 0.05) is 11.3 Å². The highest BCUT2D eigenvalue weighted by molar-refractivity contribution is 8.00. The van der Waals surface area contributed by atoms with E-state index in [1.165, 1.54) is 11.8 Å². The first-order valence-corrected chi connectivity index (χ1v) is 6.62. The van der Waals surface area contributed by atoms with Gasteiger partial charge in [0.15, 0.2) is 5.78 Å². The van der Waals surface area contributed by atoms with Crippen LogP contribution < -0.4 is 5.32 Å². The zero-order valence-electron chi connectivity index (χ0n) is 10.1. The molecule has 0 fully saturated rings. The summed E-state index contributed by atoms with van der Waals surface area (Å²) in [6.45, 7) is 3.51. The Morgan fingerprint density at radius 3 is 2.53 bits per heavy atom. The van der Waals surface area contributed by atoms with Crippen LogP contribution in [0.15, 0.2) is 35.2 Å². The van der Waals surface area contributed by atoms with E-state index in [-0.39, 0.29) is 17.7 Å². The van der Waals surface area contributed by atoms with E-state index >= 15 is 0 Å². The van der Waals surface area contributed by atoms with Gasteiger partial charge in [0.25, 0.3) is 0 Å². The number of rotatable bonds is 6. The molecule has 92 valence electrons. The number of thioether (sulfide) groups is 1. The van der Waals surface area contributed by atoms with Gasteiger partial charge in [-0.05, 0) is 19.1 Å². The highest BCUT2D eigenvalue weighted by atomic mass is 32.2. The number of hydrogen-bond acceptors (Lipinski definition) is 3. The summed E-state index contributed by atoms with van der Waals surface area (Å²) in [4.78, 5) is 23.9. The maximum absolute atomic E-state index is 11.6. The molecule has 0 heterocycles. The van der Waals surface area contributed by atoms with Crippen molar-refractivity contribution in [3.8, 4) is 0 Å². The van der Waals surface area contributed by atoms with Gasteiger partial charge in [-0.25, -0.2) is 0 Å². The highest BCUT2D eigenvalue weighted by Crippen LogP contribution is 2.16. The smallest absolute Gasteiger partial charge is 0.230 e. The first-order chi connectivity index (χ1) is 8.13. The molecule has 17 heavy (non-hydrogen) atoms. The first-order valence-electron chi connectivity index (χ1n) is 5.63. The molecule has 1 N–H and O–H groups in total. The molecule has 0 spiro atoms. The molecule has 0 saturated heterocycles. The lowest BCUT2D eigenvalue weighted by molar-refractivity contribution is -0.125. The third kappa shape index (κ3) is 5.04. The molecule has 1 atom stereocenters. The van der Waals surface area contributed by atoms with Crippen molar-refractivity contribution >= 4 is 23.5 Å². The second-order valence-corrected chi connectivity index (χ2v) is 4.76. The van der Waals surface area contributed by atoms with Crippen LogP contribution >= 0.6 is 11.8 Å². The Kier molecular flexibility index (Phi) is 5.77. The molecular formula is C13H17NO2S. The van der Waals surface area contributed by atoms with Crippen LogP contribution in [0, 0.1) is 0 Å². The van der Waals surface area contributed by atoms with E-state index in [1.54, 1.807) is 13.8 Å². The molecule has 0 saturated carbocycles. The van der Waals surface area contributed by atoms with E-state index in [9.17, 15) is 9.59 Å². The summed E-state index contributed by atoms with van der Waals surface area (Å²) >= 11 is 1.47. The molecule has 3 nitrogen and oxygen atoms in total. The molecule has 4 heteroatoms. The van der Waals surface area contributed by atoms with Gasteiger partial charge < -0.3 is 5.32 Å². The van der Waals surface area contributed by atoms with E-state index in [0.717, 1.165) is 4.90 Å². The summed E-state index contributed by atoms with van der Waals surface area (Å²) < 4.78 is 0. The summed E-state index contributed by atoms with van der Waals surface area (Å²) in [7, 11) is 0. The van der Waals surface area contributed by atoms with Crippen LogP contribution in [0.5, 0.6) is 0 Å². The van der Waals surface area contributed by atoms with E-state index in [2.05, 4.69) is 5.32 Å². The van der Waals surface area contributed by atoms with Gasteiger partial charge in [0.2, 0.25) is 5.91 Å². The normalized spacial score (nSPS) is 11.9. The molecule has 1 aromatic rings. The molecule has 0 bridgehead atoms. The van der Waals surface area contributed by atoms with Crippen LogP contribution in [0.2, 0.25) is 0 Å². The Labute approximate surface area is 106 Å². The van der Waals surface area contributed by atoms with E-state index in [1.807, 2.05) is 30.3 Å². The molecule has 0 aliphatic rings. The SMILES string of the molecule is CCC(=O)C(C)NC(=O)CSc1ccccc1. The molecule has 1 amide bonds. The highest BCUT2D eigenvalue weighted by Gasteiger charge is 2.13. The molecule has 0 aliphatic heterocycles. The quantitative estimate of drug-likeness (QED) is 0.789. The van der Waals surface area contributed by atoms with E-state index in [4.69, 9.17) is 0 Å². The summed E-state index contributed by atoms with van der Waals surface area (Å²) in [5, 5.41) is 2.69. The van der Waals surface area contributed by atoms with Gasteiger partial charge in [-0.2, -0.15) is 0 Å². The van der Waals surface area contributed by atoms with Crippen molar-refractivity contribution < 1.29 is 9.59 Å². The number of hydrogen-bond donors (Lipinski definition) is 1. The van der Waals surface area contributed by atoms with Gasteiger partial charge >= 0.3 is 0 Å². The lowest BCUT2D eigenvalue weighted by atomic mass is 10.2. The average Bonchev–Trinajstić information content (AvgIpc) is 2.36. The first kappa shape index (κ1) is 13.8. The van der Waals surface area contributed by atoms with Crippen LogP contribution in [-0.2, 0) is 9.59 Å². The van der Waals surface area contributed by atoms with E-state index in [0.29, 0.717) is 12.2 Å². The van der Waals surface area contributed by atoms with Gasteiger partial charge in [-0.15, -0.1) is 11.8 Å². The monoisotopic (exact) mass is 251 g/mol. The molecule has 1 unspecified atom stereocenters. The fourth-order valence-corrected chi connectivity index (χ4v) is 2.07. The predicted molar refractivity (Wildman–Crippen MR) is 70.1 cm³/mol. The van der Waals surface area contributed by atoms with Crippen molar-refractivity contribution in [1.82, 2.24) is 5.32 Å². The Morgan fingerprint density at radius 1 is 1.29 bits per heavy atom. The third-order valence-corrected chi connectivity index (χ3v) is 3.33. The number of carbonyl (C=O) groups excluding carboxylic acids is 2. The second-order valence-electron chi connectivity index (χ2n) is 3.71. The molecule has 1 rings (SSSR count). The largest absolute Gasteiger partial charge is 0.346 e. The van der Waals surface area contributed by atoms with Crippen molar-refractivity contribution in [2.24, 2.45) is 0 Å². The summed E-state index contributed by atoms with van der Waals surface area (Å²) in [5.41, 5.74) is 0. The van der Waals surface area contributed by atoms with E-state index < -0.39 is 0 Å². The predicted octanol–water partition coefficient (Wildman–Crippen LogP) is 2.26. The number of amides is 1. The number of nitrogens with one attached hydrogen (secondary N) is 1. The maximum Gasteiger partial charge on any atom is 0.230 e. The standard InChI is InChI=1S/C13H17NO2S/c1-3-12(15)10(2)14-13(16)9-17-11-7-5-4-6-8-11/h4-8,10H,3,9H2,1-2H3,(H,14,16). The Bertz CT molecular complexity index is 378. The zero-order valence-corrected chi connectivity index (χ0v) is 10.9.